The number of unbranched alkanes of at least 4 members (excludes halogenated alkanes) is 63. The summed E-state index contributed by atoms with van der Waals surface area (Å²) in [6.45, 7) is 13.7. The molecule has 0 heterocycles. The average Bonchev–Trinajstić information content (AvgIpc) is 0.804. The van der Waals surface area contributed by atoms with Crippen LogP contribution in [0.3, 0.4) is 0 Å². The third-order valence-electron chi connectivity index (χ3n) is 21.9. The van der Waals surface area contributed by atoms with E-state index in [2.05, 4.69) is 127 Å². The van der Waals surface area contributed by atoms with Gasteiger partial charge in [-0.1, -0.05) is 366 Å². The van der Waals surface area contributed by atoms with Crippen molar-refractivity contribution >= 4 is 11.4 Å². The summed E-state index contributed by atoms with van der Waals surface area (Å²) in [7, 11) is 0. The monoisotopic (exact) mass is 1440 g/mol. The quantitative estimate of drug-likeness (QED) is 0.0158. The van der Waals surface area contributed by atoms with E-state index in [9.17, 15) is 5.53 Å². The van der Waals surface area contributed by atoms with Gasteiger partial charge in [-0.05, 0) is 90.8 Å². The van der Waals surface area contributed by atoms with Gasteiger partial charge in [0.15, 0.2) is 0 Å². The number of nitrogens with zero attached hydrogens (tertiary/aromatic N) is 2. The van der Waals surface area contributed by atoms with Gasteiger partial charge in [0.1, 0.15) is 5.57 Å². The Morgan fingerprint density at radius 2 is 0.525 bits per heavy atom. The van der Waals surface area contributed by atoms with Gasteiger partial charge in [-0.25, -0.2) is 0 Å². The summed E-state index contributed by atoms with van der Waals surface area (Å²) in [4.78, 5) is 3.50. The van der Waals surface area contributed by atoms with Crippen molar-refractivity contribution in [3.05, 3.63) is 99.6 Å². The average molecular weight is 1440 g/mol. The molecule has 0 fully saturated rings. The Balaban J connectivity index is 0.00000101. The van der Waals surface area contributed by atoms with Crippen LogP contribution in [0.1, 0.15) is 513 Å². The zero-order valence-corrected chi connectivity index (χ0v) is 70.3. The molecule has 2 aromatic carbocycles. The van der Waals surface area contributed by atoms with Crippen LogP contribution in [0.4, 0.5) is 0 Å². The Kier molecular flexibility index (Phi) is 78.1. The Labute approximate surface area is 640 Å². The van der Waals surface area contributed by atoms with E-state index in [1.165, 1.54) is 474 Å². The Bertz CT molecular complexity index is 2050. The minimum Gasteiger partial charge on any atom is -0.0654 e. The molecule has 0 unspecified atom stereocenters. The Hall–Kier alpha value is -2.43. The maximum absolute atomic E-state index is 9.85. The molecular formula is C98H176N2Ni. The molecule has 3 heteroatoms. The summed E-state index contributed by atoms with van der Waals surface area (Å²) >= 11 is 2.05. The van der Waals surface area contributed by atoms with Gasteiger partial charge in [-0.2, -0.15) is 0 Å². The molecule has 0 aliphatic carbocycles. The van der Waals surface area contributed by atoms with Crippen molar-refractivity contribution in [2.75, 3.05) is 0 Å². The van der Waals surface area contributed by atoms with E-state index in [0.29, 0.717) is 0 Å². The van der Waals surface area contributed by atoms with Crippen LogP contribution in [0.5, 0.6) is 0 Å². The number of benzene rings is 2. The molecule has 0 radical (unpaired) electrons. The van der Waals surface area contributed by atoms with E-state index in [0.717, 1.165) is 37.7 Å². The summed E-state index contributed by atoms with van der Waals surface area (Å²) in [6.07, 6.45) is 106. The number of allylic oxidation sites excluding steroid dienone is 4. The Morgan fingerprint density at radius 3 is 0.802 bits per heavy atom. The van der Waals surface area contributed by atoms with Crippen molar-refractivity contribution in [2.45, 2.75) is 515 Å². The van der Waals surface area contributed by atoms with E-state index in [4.69, 9.17) is 0 Å². The van der Waals surface area contributed by atoms with Crippen molar-refractivity contribution in [3.63, 3.8) is 0 Å². The molecule has 0 N–H and O–H groups in total. The molecule has 2 nitrogen and oxygen atoms in total. The number of hydrogen-bond donors (Lipinski definition) is 0. The molecule has 101 heavy (non-hydrogen) atoms. The Morgan fingerprint density at radius 1 is 0.287 bits per heavy atom. The molecule has 0 aromatic heterocycles. The SMILES string of the molecule is CCCCCCCCCCCCC=CC(=C=[N+]=[N-])C(CCCCCC)=C(c1ccc(CCCC)cc1)c1ccc(CCCCCCCC)cc1.CCCCCCCCCCCCCCCCCCCCCCCC[CH2][Ni][CH2]CCCCCCCCCCCCCCCCCCCCCCCC. The van der Waals surface area contributed by atoms with Crippen LogP contribution in [-0.4, -0.2) is 10.7 Å². The number of rotatable bonds is 78. The van der Waals surface area contributed by atoms with Crippen molar-refractivity contribution in [3.8, 4) is 0 Å². The van der Waals surface area contributed by atoms with Crippen molar-refractivity contribution in [2.24, 2.45) is 0 Å². The van der Waals surface area contributed by atoms with Gasteiger partial charge in [-0.15, -0.1) is 4.79 Å². The van der Waals surface area contributed by atoms with Crippen molar-refractivity contribution < 1.29 is 19.2 Å². The first kappa shape index (κ1) is 96.6. The normalized spacial score (nSPS) is 11.8. The molecule has 0 saturated heterocycles. The summed E-state index contributed by atoms with van der Waals surface area (Å²) in [6, 6.07) is 18.6. The maximum atomic E-state index is 9.85. The first-order chi connectivity index (χ1) is 50.1. The topological polar surface area (TPSA) is 36.4 Å². The van der Waals surface area contributed by atoms with E-state index >= 15 is 0 Å². The van der Waals surface area contributed by atoms with Crippen LogP contribution in [0.25, 0.3) is 11.1 Å². The van der Waals surface area contributed by atoms with Crippen LogP contribution in [0, 0.1) is 0 Å². The van der Waals surface area contributed by atoms with Crippen LogP contribution in [0.15, 0.2) is 71.8 Å². The van der Waals surface area contributed by atoms with E-state index in [1.807, 2.05) is 0 Å². The number of hydrogen-bond acceptors (Lipinski definition) is 0. The smallest absolute Gasteiger partial charge is 0.0654 e. The standard InChI is InChI=1S/C48H74N2.2C25H51.Ni/c1-5-9-13-16-18-19-20-21-22-23-25-27-31-46(41-50-49)47(32-28-15-11-7-3)48(44-37-33-42(34-38-44)29-12-8-4)45-39-35-43(36-40-45)30-26-24-17-14-10-6-2;2*1-3-5-7-9-11-13-15-17-19-21-23-25-24-22-20-18-16-14-12-10-8-6-4-2;/h27,31,33-40H,5-26,28-30,32H2,1-4H3;2*1,3-25H2,2H3;. The van der Waals surface area contributed by atoms with Gasteiger partial charge in [-0.3, -0.25) is 0 Å². The van der Waals surface area contributed by atoms with Crippen LogP contribution < -0.4 is 0 Å². The second kappa shape index (κ2) is 81.6. The molecule has 0 bridgehead atoms. The minimum atomic E-state index is 0.914. The second-order valence-corrected chi connectivity index (χ2v) is 33.2. The second-order valence-electron chi connectivity index (χ2n) is 31.7. The van der Waals surface area contributed by atoms with Gasteiger partial charge >= 0.3 is 172 Å². The van der Waals surface area contributed by atoms with E-state index in [-0.39, 0.29) is 0 Å². The summed E-state index contributed by atoms with van der Waals surface area (Å²) < 4.78 is 0. The molecule has 588 valence electrons. The molecule has 0 saturated carbocycles. The fourth-order valence-electron chi connectivity index (χ4n) is 15.0. The minimum absolute atomic E-state index is 0.914. The van der Waals surface area contributed by atoms with Crippen molar-refractivity contribution in [1.82, 2.24) is 0 Å². The van der Waals surface area contributed by atoms with Gasteiger partial charge in [0.05, 0.1) is 0 Å². The summed E-state index contributed by atoms with van der Waals surface area (Å²) in [5.74, 6) is 3.04. The van der Waals surface area contributed by atoms with Gasteiger partial charge < -0.3 is 5.53 Å². The molecule has 0 atom stereocenters. The summed E-state index contributed by atoms with van der Waals surface area (Å²) in [5.41, 5.74) is 18.6. The fourth-order valence-corrected chi connectivity index (χ4v) is 16.2. The molecule has 0 aliphatic heterocycles. The zero-order valence-electron chi connectivity index (χ0n) is 69.3. The van der Waals surface area contributed by atoms with Crippen molar-refractivity contribution in [1.29, 1.82) is 0 Å². The first-order valence-electron chi connectivity index (χ1n) is 46.1. The van der Waals surface area contributed by atoms with E-state index in [1.54, 1.807) is 0 Å². The predicted octanol–water partition coefficient (Wildman–Crippen LogP) is 35.3. The third kappa shape index (κ3) is 65.6. The molecule has 0 spiro atoms. The van der Waals surface area contributed by atoms with Crippen LogP contribution >= 0.6 is 0 Å². The van der Waals surface area contributed by atoms with Gasteiger partial charge in [0.25, 0.3) is 0 Å². The molecular weight excluding hydrogens is 1260 g/mol. The molecule has 0 aliphatic rings. The fraction of sp³-hybridized carbons (Fsp3) is 0.816. The molecule has 0 amide bonds. The third-order valence-corrected chi connectivity index (χ3v) is 23.3. The van der Waals surface area contributed by atoms with Gasteiger partial charge in [0.2, 0.25) is 0 Å². The molecule has 2 aromatic rings. The zero-order chi connectivity index (χ0) is 72.6. The van der Waals surface area contributed by atoms with Crippen LogP contribution in [0.2, 0.25) is 10.8 Å². The predicted molar refractivity (Wildman–Crippen MR) is 454 cm³/mol. The van der Waals surface area contributed by atoms with Gasteiger partial charge in [0, 0.05) is 0 Å². The van der Waals surface area contributed by atoms with E-state index < -0.39 is 0 Å². The summed E-state index contributed by atoms with van der Waals surface area (Å²) in [5, 5.41) is 2.87. The van der Waals surface area contributed by atoms with Crippen LogP contribution in [-0.2, 0) is 27.3 Å². The number of aryl methyl sites for hydroxylation is 2. The molecule has 2 rings (SSSR count). The first-order valence-corrected chi connectivity index (χ1v) is 47.5.